The van der Waals surface area contributed by atoms with Crippen molar-refractivity contribution in [2.75, 3.05) is 18.1 Å². The van der Waals surface area contributed by atoms with Gasteiger partial charge in [0, 0.05) is 36.7 Å². The molecule has 32 heavy (non-hydrogen) atoms. The van der Waals surface area contributed by atoms with Gasteiger partial charge in [-0.2, -0.15) is 0 Å². The minimum Gasteiger partial charge on any atom is -0.479 e. The highest BCUT2D eigenvalue weighted by molar-refractivity contribution is 5.94. The van der Waals surface area contributed by atoms with E-state index < -0.39 is 12.1 Å². The third-order valence-corrected chi connectivity index (χ3v) is 6.56. The molecule has 1 fully saturated rings. The molecule has 3 atom stereocenters. The minimum absolute atomic E-state index is 0.0718. The summed E-state index contributed by atoms with van der Waals surface area (Å²) in [6, 6.07) is 23.4. The molecule has 0 aromatic heterocycles. The van der Waals surface area contributed by atoms with Gasteiger partial charge in [0.15, 0.2) is 6.10 Å². The van der Waals surface area contributed by atoms with Crippen molar-refractivity contribution in [3.05, 3.63) is 72.3 Å². The molecule has 0 bridgehead atoms. The summed E-state index contributed by atoms with van der Waals surface area (Å²) in [5.41, 5.74) is 2.58. The summed E-state index contributed by atoms with van der Waals surface area (Å²) in [5, 5.41) is 20.8. The van der Waals surface area contributed by atoms with Gasteiger partial charge in [-0.1, -0.05) is 48.5 Å². The fourth-order valence-corrected chi connectivity index (χ4v) is 4.96. The number of aliphatic hydroxyl groups is 1. The van der Waals surface area contributed by atoms with E-state index in [1.807, 2.05) is 12.1 Å². The number of carboxylic acids is 1. The van der Waals surface area contributed by atoms with Gasteiger partial charge < -0.3 is 19.8 Å². The Labute approximate surface area is 189 Å². The van der Waals surface area contributed by atoms with Gasteiger partial charge in [-0.15, -0.1) is 0 Å². The van der Waals surface area contributed by atoms with Gasteiger partial charge >= 0.3 is 5.97 Å². The van der Waals surface area contributed by atoms with Crippen LogP contribution in [0, 0.1) is 0 Å². The SMILES string of the molecule is CCN(c1cccc2ccccc12)C1CCC(c2ccc(OC(CCO)C(=O)O)cc2)C1. The van der Waals surface area contributed by atoms with E-state index in [-0.39, 0.29) is 13.0 Å². The number of hydrogen-bond donors (Lipinski definition) is 2. The highest BCUT2D eigenvalue weighted by Crippen LogP contribution is 2.40. The molecule has 0 amide bonds. The first kappa shape index (κ1) is 22.2. The van der Waals surface area contributed by atoms with Crippen molar-refractivity contribution in [2.45, 2.75) is 50.7 Å². The number of fused-ring (bicyclic) bond motifs is 1. The molecule has 0 saturated heterocycles. The van der Waals surface area contributed by atoms with E-state index in [0.717, 1.165) is 25.8 Å². The summed E-state index contributed by atoms with van der Waals surface area (Å²) >= 11 is 0. The topological polar surface area (TPSA) is 70.0 Å². The lowest BCUT2D eigenvalue weighted by Crippen LogP contribution is -2.33. The molecular weight excluding hydrogens is 402 g/mol. The van der Waals surface area contributed by atoms with E-state index in [1.165, 1.54) is 22.0 Å². The van der Waals surface area contributed by atoms with Gasteiger partial charge in [-0.25, -0.2) is 4.79 Å². The number of rotatable bonds is 9. The van der Waals surface area contributed by atoms with Crippen molar-refractivity contribution in [1.82, 2.24) is 0 Å². The molecule has 1 saturated carbocycles. The van der Waals surface area contributed by atoms with E-state index in [0.29, 0.717) is 17.7 Å². The average Bonchev–Trinajstić information content (AvgIpc) is 3.30. The Morgan fingerprint density at radius 3 is 2.53 bits per heavy atom. The van der Waals surface area contributed by atoms with Crippen LogP contribution in [0.4, 0.5) is 5.69 Å². The maximum absolute atomic E-state index is 11.3. The van der Waals surface area contributed by atoms with Gasteiger partial charge in [0.05, 0.1) is 0 Å². The van der Waals surface area contributed by atoms with E-state index >= 15 is 0 Å². The maximum atomic E-state index is 11.3. The summed E-state index contributed by atoms with van der Waals surface area (Å²) in [7, 11) is 0. The first-order valence-electron chi connectivity index (χ1n) is 11.5. The minimum atomic E-state index is -1.06. The molecule has 1 aliphatic carbocycles. The Hall–Kier alpha value is -3.05. The third-order valence-electron chi connectivity index (χ3n) is 6.56. The normalized spacial score (nSPS) is 19.1. The largest absolute Gasteiger partial charge is 0.479 e. The molecule has 1 aliphatic rings. The smallest absolute Gasteiger partial charge is 0.344 e. The van der Waals surface area contributed by atoms with Crippen molar-refractivity contribution >= 4 is 22.4 Å². The summed E-state index contributed by atoms with van der Waals surface area (Å²) in [6.07, 6.45) is 2.42. The van der Waals surface area contributed by atoms with Crippen LogP contribution < -0.4 is 9.64 Å². The standard InChI is InChI=1S/C27H31NO4/c1-2-28(25-9-5-7-20-6-3-4-8-24(20)25)22-13-10-21(18-22)19-11-14-23(15-12-19)32-26(16-17-29)27(30)31/h3-9,11-12,14-15,21-22,26,29H,2,10,13,16-18H2,1H3,(H,30,31). The number of hydrogen-bond acceptors (Lipinski definition) is 4. The summed E-state index contributed by atoms with van der Waals surface area (Å²) in [5.74, 6) is -0.0595. The molecule has 5 heteroatoms. The first-order chi connectivity index (χ1) is 15.6. The maximum Gasteiger partial charge on any atom is 0.344 e. The molecule has 168 valence electrons. The monoisotopic (exact) mass is 433 g/mol. The molecular formula is C27H31NO4. The van der Waals surface area contributed by atoms with Crippen molar-refractivity contribution in [3.63, 3.8) is 0 Å². The number of aliphatic carboxylic acids is 1. The van der Waals surface area contributed by atoms with Crippen LogP contribution in [-0.2, 0) is 4.79 Å². The van der Waals surface area contributed by atoms with Crippen LogP contribution in [0.25, 0.3) is 10.8 Å². The van der Waals surface area contributed by atoms with Crippen LogP contribution in [0.3, 0.4) is 0 Å². The Kier molecular flexibility index (Phi) is 6.96. The van der Waals surface area contributed by atoms with Gasteiger partial charge in [0.25, 0.3) is 0 Å². The molecule has 3 aromatic carbocycles. The molecule has 0 heterocycles. The van der Waals surface area contributed by atoms with E-state index in [2.05, 4.69) is 66.4 Å². The number of ether oxygens (including phenoxy) is 1. The number of anilines is 1. The molecule has 5 nitrogen and oxygen atoms in total. The zero-order valence-corrected chi connectivity index (χ0v) is 18.5. The fourth-order valence-electron chi connectivity index (χ4n) is 4.96. The van der Waals surface area contributed by atoms with E-state index in [4.69, 9.17) is 9.84 Å². The van der Waals surface area contributed by atoms with Crippen molar-refractivity contribution < 1.29 is 19.7 Å². The second-order valence-electron chi connectivity index (χ2n) is 8.47. The molecule has 0 aliphatic heterocycles. The molecule has 3 aromatic rings. The number of carbonyl (C=O) groups is 1. The predicted octanol–water partition coefficient (Wildman–Crippen LogP) is 5.22. The van der Waals surface area contributed by atoms with Gasteiger partial charge in [0.1, 0.15) is 5.75 Å². The van der Waals surface area contributed by atoms with Crippen LogP contribution in [0.1, 0.15) is 44.1 Å². The zero-order valence-electron chi connectivity index (χ0n) is 18.5. The number of nitrogens with zero attached hydrogens (tertiary/aromatic N) is 1. The van der Waals surface area contributed by atoms with Crippen LogP contribution in [0.15, 0.2) is 66.7 Å². The average molecular weight is 434 g/mol. The summed E-state index contributed by atoms with van der Waals surface area (Å²) in [6.45, 7) is 2.98. The Balaban J connectivity index is 1.46. The molecule has 4 rings (SSSR count). The van der Waals surface area contributed by atoms with Crippen molar-refractivity contribution in [1.29, 1.82) is 0 Å². The lowest BCUT2D eigenvalue weighted by Gasteiger charge is -2.31. The number of carboxylic acid groups (broad SMARTS) is 1. The van der Waals surface area contributed by atoms with Gasteiger partial charge in [0.2, 0.25) is 0 Å². The van der Waals surface area contributed by atoms with Crippen LogP contribution in [0.2, 0.25) is 0 Å². The van der Waals surface area contributed by atoms with E-state index in [1.54, 1.807) is 0 Å². The van der Waals surface area contributed by atoms with Gasteiger partial charge in [-0.05, 0) is 61.3 Å². The molecule has 0 radical (unpaired) electrons. The van der Waals surface area contributed by atoms with Crippen LogP contribution in [-0.4, -0.2) is 41.5 Å². The predicted molar refractivity (Wildman–Crippen MR) is 128 cm³/mol. The second kappa shape index (κ2) is 10.0. The molecule has 0 spiro atoms. The number of aliphatic hydroxyl groups excluding tert-OH is 1. The quantitative estimate of drug-likeness (QED) is 0.484. The van der Waals surface area contributed by atoms with Crippen molar-refractivity contribution in [3.8, 4) is 5.75 Å². The number of benzene rings is 3. The van der Waals surface area contributed by atoms with Crippen molar-refractivity contribution in [2.24, 2.45) is 0 Å². The van der Waals surface area contributed by atoms with Crippen LogP contribution in [0.5, 0.6) is 5.75 Å². The first-order valence-corrected chi connectivity index (χ1v) is 11.5. The lowest BCUT2D eigenvalue weighted by molar-refractivity contribution is -0.145. The summed E-state index contributed by atoms with van der Waals surface area (Å²) < 4.78 is 5.54. The lowest BCUT2D eigenvalue weighted by atomic mass is 9.97. The van der Waals surface area contributed by atoms with Gasteiger partial charge in [-0.3, -0.25) is 0 Å². The Bertz CT molecular complexity index is 1040. The zero-order chi connectivity index (χ0) is 22.5. The molecule has 3 unspecified atom stereocenters. The van der Waals surface area contributed by atoms with Crippen LogP contribution >= 0.6 is 0 Å². The molecule has 2 N–H and O–H groups in total. The Morgan fingerprint density at radius 2 is 1.81 bits per heavy atom. The second-order valence-corrected chi connectivity index (χ2v) is 8.47. The third kappa shape index (κ3) is 4.73. The fraction of sp³-hybridized carbons (Fsp3) is 0.370. The highest BCUT2D eigenvalue weighted by Gasteiger charge is 2.30. The highest BCUT2D eigenvalue weighted by atomic mass is 16.5. The van der Waals surface area contributed by atoms with E-state index in [9.17, 15) is 9.90 Å². The summed E-state index contributed by atoms with van der Waals surface area (Å²) in [4.78, 5) is 13.8. The Morgan fingerprint density at radius 1 is 1.06 bits per heavy atom.